The molecule has 0 aromatic rings. The van der Waals surface area contributed by atoms with E-state index in [1.165, 1.54) is 0 Å². The number of hydrogen-bond donors (Lipinski definition) is 3. The van der Waals surface area contributed by atoms with Gasteiger partial charge in [-0.25, -0.2) is 0 Å². The van der Waals surface area contributed by atoms with E-state index in [2.05, 4.69) is 0 Å². The number of rotatable bonds is 0. The van der Waals surface area contributed by atoms with Crippen molar-refractivity contribution in [1.82, 2.24) is 0 Å². The molecule has 0 radical (unpaired) electrons. The van der Waals surface area contributed by atoms with Gasteiger partial charge >= 0.3 is 0 Å². The van der Waals surface area contributed by atoms with Gasteiger partial charge in [0.15, 0.2) is 0 Å². The van der Waals surface area contributed by atoms with Crippen LogP contribution in [-0.2, 0) is 25.8 Å². The Morgan fingerprint density at radius 2 is 0.471 bits per heavy atom. The van der Waals surface area contributed by atoms with Gasteiger partial charge in [0.2, 0.25) is 0 Å². The standard InChI is InChI=1S/3C4H10O.CH3.Hf/c3*1-4(2,3)5;;/h3*5H,1-3H3;1H3;/q;;;-1;. The first-order valence-corrected chi connectivity index (χ1v) is 5.17. The second kappa shape index (κ2) is 11.8. The summed E-state index contributed by atoms with van der Waals surface area (Å²) in [7, 11) is 0. The molecule has 0 aliphatic rings. The molecular formula is C13H33HfO3-. The van der Waals surface area contributed by atoms with Gasteiger partial charge in [-0.2, -0.15) is 0 Å². The number of aliphatic hydroxyl groups is 3. The molecule has 0 bridgehead atoms. The van der Waals surface area contributed by atoms with Crippen LogP contribution in [0.5, 0.6) is 0 Å². The molecule has 3 N–H and O–H groups in total. The second-order valence-corrected chi connectivity index (χ2v) is 6.51. The van der Waals surface area contributed by atoms with E-state index in [1.54, 1.807) is 62.3 Å². The summed E-state index contributed by atoms with van der Waals surface area (Å²) in [6, 6.07) is 0. The first-order chi connectivity index (χ1) is 6.00. The Balaban J connectivity index is -0.0000000400. The van der Waals surface area contributed by atoms with E-state index in [4.69, 9.17) is 15.3 Å². The van der Waals surface area contributed by atoms with Gasteiger partial charge in [-0.05, 0) is 62.3 Å². The maximum atomic E-state index is 8.52. The summed E-state index contributed by atoms with van der Waals surface area (Å²) in [5, 5.41) is 25.6. The maximum absolute atomic E-state index is 8.52. The van der Waals surface area contributed by atoms with Crippen molar-refractivity contribution >= 4 is 0 Å². The molecule has 0 rings (SSSR count). The first kappa shape index (κ1) is 30.6. The van der Waals surface area contributed by atoms with Gasteiger partial charge in [0.25, 0.3) is 0 Å². The molecule has 0 unspecified atom stereocenters. The quantitative estimate of drug-likeness (QED) is 0.421. The predicted octanol–water partition coefficient (Wildman–Crippen LogP) is 2.78. The van der Waals surface area contributed by atoms with Gasteiger partial charge in [0, 0.05) is 25.8 Å². The van der Waals surface area contributed by atoms with E-state index in [9.17, 15) is 0 Å². The Morgan fingerprint density at radius 3 is 0.471 bits per heavy atom. The van der Waals surface area contributed by atoms with Crippen LogP contribution in [0.2, 0.25) is 0 Å². The maximum Gasteiger partial charge on any atom is 0.0563 e. The van der Waals surface area contributed by atoms with Crippen molar-refractivity contribution in [1.29, 1.82) is 0 Å². The van der Waals surface area contributed by atoms with Crippen LogP contribution in [0, 0.1) is 7.43 Å². The third-order valence-corrected chi connectivity index (χ3v) is 0. The van der Waals surface area contributed by atoms with Gasteiger partial charge < -0.3 is 22.7 Å². The fraction of sp³-hybridized carbons (Fsp3) is 0.923. The van der Waals surface area contributed by atoms with Crippen molar-refractivity contribution in [2.45, 2.75) is 79.1 Å². The third-order valence-electron chi connectivity index (χ3n) is 0. The van der Waals surface area contributed by atoms with Crippen molar-refractivity contribution in [3.8, 4) is 0 Å². The molecular weight excluding hydrogens is 383 g/mol. The molecule has 4 heteroatoms. The van der Waals surface area contributed by atoms with Gasteiger partial charge in [-0.1, -0.05) is 0 Å². The van der Waals surface area contributed by atoms with Crippen LogP contribution in [0.4, 0.5) is 0 Å². The molecule has 0 aromatic carbocycles. The minimum absolute atomic E-state index is 0. The zero-order chi connectivity index (χ0) is 13.5. The Labute approximate surface area is 127 Å². The van der Waals surface area contributed by atoms with Gasteiger partial charge in [-0.3, -0.25) is 0 Å². The minimum Gasteiger partial charge on any atom is -0.391 e. The average Bonchev–Trinajstić information content (AvgIpc) is 1.41. The summed E-state index contributed by atoms with van der Waals surface area (Å²) in [5.74, 6) is 0. The van der Waals surface area contributed by atoms with Gasteiger partial charge in [-0.15, -0.1) is 0 Å². The Kier molecular flexibility index (Phi) is 21.3. The van der Waals surface area contributed by atoms with E-state index >= 15 is 0 Å². The van der Waals surface area contributed by atoms with Crippen molar-refractivity contribution in [2.75, 3.05) is 0 Å². The molecule has 0 amide bonds. The Bertz CT molecular complexity index is 91.7. The SMILES string of the molecule is CC(C)(C)O.CC(C)(C)O.CC(C)(C)O.[CH3-].[Hf]. The molecule has 0 saturated heterocycles. The van der Waals surface area contributed by atoms with E-state index in [-0.39, 0.29) is 33.3 Å². The van der Waals surface area contributed by atoms with Crippen molar-refractivity contribution < 1.29 is 41.2 Å². The topological polar surface area (TPSA) is 60.7 Å². The van der Waals surface area contributed by atoms with E-state index in [1.807, 2.05) is 0 Å². The summed E-state index contributed by atoms with van der Waals surface area (Å²) < 4.78 is 0. The summed E-state index contributed by atoms with van der Waals surface area (Å²) in [4.78, 5) is 0. The van der Waals surface area contributed by atoms with E-state index < -0.39 is 16.8 Å². The first-order valence-electron chi connectivity index (χ1n) is 5.17. The zero-order valence-electron chi connectivity index (χ0n) is 13.3. The fourth-order valence-corrected chi connectivity index (χ4v) is 0. The van der Waals surface area contributed by atoms with Crippen molar-refractivity contribution in [3.05, 3.63) is 7.43 Å². The molecule has 0 heterocycles. The molecule has 0 fully saturated rings. The molecule has 0 aliphatic carbocycles. The average molecular weight is 416 g/mol. The Hall–Kier alpha value is 0.750. The van der Waals surface area contributed by atoms with Crippen molar-refractivity contribution in [2.24, 2.45) is 0 Å². The van der Waals surface area contributed by atoms with Crippen LogP contribution >= 0.6 is 0 Å². The molecule has 0 aromatic heterocycles. The summed E-state index contributed by atoms with van der Waals surface area (Å²) >= 11 is 0. The monoisotopic (exact) mass is 417 g/mol. The molecule has 3 nitrogen and oxygen atoms in total. The van der Waals surface area contributed by atoms with Crippen LogP contribution in [-0.4, -0.2) is 32.1 Å². The Morgan fingerprint density at radius 1 is 0.471 bits per heavy atom. The minimum atomic E-state index is -0.500. The smallest absolute Gasteiger partial charge is 0.0563 e. The van der Waals surface area contributed by atoms with Crippen molar-refractivity contribution in [3.63, 3.8) is 0 Å². The summed E-state index contributed by atoms with van der Waals surface area (Å²) in [6.45, 7) is 15.7. The van der Waals surface area contributed by atoms with Crippen LogP contribution in [0.1, 0.15) is 62.3 Å². The second-order valence-electron chi connectivity index (χ2n) is 6.51. The van der Waals surface area contributed by atoms with E-state index in [0.29, 0.717) is 0 Å². The van der Waals surface area contributed by atoms with E-state index in [0.717, 1.165) is 0 Å². The largest absolute Gasteiger partial charge is 0.391 e. The molecule has 17 heavy (non-hydrogen) atoms. The van der Waals surface area contributed by atoms with Gasteiger partial charge in [0.05, 0.1) is 16.8 Å². The fourth-order valence-electron chi connectivity index (χ4n) is 0. The summed E-state index contributed by atoms with van der Waals surface area (Å²) in [6.07, 6.45) is 0. The molecule has 0 atom stereocenters. The molecule has 0 saturated carbocycles. The predicted molar refractivity (Wildman–Crippen MR) is 72.3 cm³/mol. The zero-order valence-corrected chi connectivity index (χ0v) is 16.9. The van der Waals surface area contributed by atoms with Gasteiger partial charge in [0.1, 0.15) is 0 Å². The molecule has 0 aliphatic heterocycles. The van der Waals surface area contributed by atoms with Crippen LogP contribution in [0.15, 0.2) is 0 Å². The van der Waals surface area contributed by atoms with Crippen LogP contribution < -0.4 is 0 Å². The van der Waals surface area contributed by atoms with Crippen LogP contribution in [0.3, 0.4) is 0 Å². The molecule has 108 valence electrons. The normalized spacial score (nSPS) is 10.6. The third kappa shape index (κ3) is 6480. The molecule has 0 spiro atoms. The summed E-state index contributed by atoms with van der Waals surface area (Å²) in [5.41, 5.74) is -1.50. The van der Waals surface area contributed by atoms with Crippen LogP contribution in [0.25, 0.3) is 0 Å². The number of hydrogen-bond acceptors (Lipinski definition) is 3.